The molecule has 0 aliphatic carbocycles. The normalized spacial score (nSPS) is 10.8. The van der Waals surface area contributed by atoms with Gasteiger partial charge in [-0.3, -0.25) is 4.99 Å². The lowest BCUT2D eigenvalue weighted by Gasteiger charge is -2.16. The number of rotatable bonds is 6. The number of hydrogen-bond acceptors (Lipinski definition) is 6. The van der Waals surface area contributed by atoms with Gasteiger partial charge in [0, 0.05) is 29.7 Å². The molecule has 0 saturated heterocycles. The number of nitrogens with one attached hydrogen (secondary N) is 2. The lowest BCUT2D eigenvalue weighted by atomic mass is 10.2. The molecular formula is C17H25IN4O3S. The zero-order valence-corrected chi connectivity index (χ0v) is 18.9. The average Bonchev–Trinajstić information content (AvgIpc) is 2.95. The molecule has 26 heavy (non-hydrogen) atoms. The van der Waals surface area contributed by atoms with Crippen molar-refractivity contribution in [2.75, 3.05) is 33.7 Å². The van der Waals surface area contributed by atoms with Crippen LogP contribution in [0, 0.1) is 13.8 Å². The largest absolute Gasteiger partial charge is 0.493 e. The molecule has 0 amide bonds. The van der Waals surface area contributed by atoms with Gasteiger partial charge in [0.05, 0.1) is 33.6 Å². The monoisotopic (exact) mass is 492 g/mol. The molecule has 2 N–H and O–H groups in total. The van der Waals surface area contributed by atoms with E-state index in [4.69, 9.17) is 14.2 Å². The third kappa shape index (κ3) is 5.37. The van der Waals surface area contributed by atoms with Crippen molar-refractivity contribution in [2.45, 2.75) is 20.4 Å². The van der Waals surface area contributed by atoms with Crippen LogP contribution in [0.3, 0.4) is 0 Å². The molecule has 0 spiro atoms. The highest BCUT2D eigenvalue weighted by atomic mass is 127. The third-order valence-electron chi connectivity index (χ3n) is 3.63. The fourth-order valence-corrected chi connectivity index (χ4v) is 3.12. The highest BCUT2D eigenvalue weighted by Crippen LogP contribution is 2.39. The van der Waals surface area contributed by atoms with Crippen LogP contribution in [-0.2, 0) is 6.54 Å². The van der Waals surface area contributed by atoms with Gasteiger partial charge in [-0.1, -0.05) is 0 Å². The molecule has 0 radical (unpaired) electrons. The minimum atomic E-state index is 0. The van der Waals surface area contributed by atoms with Gasteiger partial charge in [0.2, 0.25) is 5.75 Å². The molecule has 9 heteroatoms. The van der Waals surface area contributed by atoms with E-state index in [1.807, 2.05) is 19.1 Å². The number of aromatic nitrogens is 1. The molecule has 2 rings (SSSR count). The number of nitrogens with zero attached hydrogens (tertiary/aromatic N) is 2. The first kappa shape index (κ1) is 22.3. The Morgan fingerprint density at radius 2 is 1.73 bits per heavy atom. The summed E-state index contributed by atoms with van der Waals surface area (Å²) in [6.07, 6.45) is 0. The first-order valence-electron chi connectivity index (χ1n) is 7.73. The number of anilines is 1. The molecule has 0 atom stereocenters. The molecular weight excluding hydrogens is 467 g/mol. The quantitative estimate of drug-likeness (QED) is 0.365. The number of ether oxygens (including phenoxy) is 3. The summed E-state index contributed by atoms with van der Waals surface area (Å²) < 4.78 is 16.1. The van der Waals surface area contributed by atoms with Crippen molar-refractivity contribution in [3.63, 3.8) is 0 Å². The summed E-state index contributed by atoms with van der Waals surface area (Å²) >= 11 is 1.68. The number of methoxy groups -OCH3 is 3. The lowest BCUT2D eigenvalue weighted by molar-refractivity contribution is 0.324. The van der Waals surface area contributed by atoms with Gasteiger partial charge in [-0.15, -0.1) is 35.3 Å². The van der Waals surface area contributed by atoms with Gasteiger partial charge in [0.25, 0.3) is 0 Å². The van der Waals surface area contributed by atoms with Crippen molar-refractivity contribution < 1.29 is 14.2 Å². The van der Waals surface area contributed by atoms with Crippen molar-refractivity contribution in [3.05, 3.63) is 27.7 Å². The summed E-state index contributed by atoms with van der Waals surface area (Å²) in [5.74, 6) is 2.32. The Kier molecular flexibility index (Phi) is 8.93. The topological polar surface area (TPSA) is 77.0 Å². The fourth-order valence-electron chi connectivity index (χ4n) is 2.24. The van der Waals surface area contributed by atoms with Crippen LogP contribution in [0.5, 0.6) is 17.2 Å². The Bertz CT molecular complexity index is 720. The molecule has 2 aromatic rings. The van der Waals surface area contributed by atoms with Crippen molar-refractivity contribution in [1.82, 2.24) is 10.3 Å². The zero-order chi connectivity index (χ0) is 18.4. The maximum Gasteiger partial charge on any atom is 0.203 e. The van der Waals surface area contributed by atoms with Crippen LogP contribution in [-0.4, -0.2) is 39.3 Å². The summed E-state index contributed by atoms with van der Waals surface area (Å²) in [7, 11) is 6.46. The smallest absolute Gasteiger partial charge is 0.203 e. The number of halogens is 1. The van der Waals surface area contributed by atoms with E-state index in [0.29, 0.717) is 29.8 Å². The molecule has 7 nitrogen and oxygen atoms in total. The highest BCUT2D eigenvalue weighted by Gasteiger charge is 2.14. The van der Waals surface area contributed by atoms with E-state index < -0.39 is 0 Å². The van der Waals surface area contributed by atoms with Crippen LogP contribution in [0.2, 0.25) is 0 Å². The Hall–Kier alpha value is -1.75. The molecule has 1 aromatic heterocycles. The average molecular weight is 492 g/mol. The van der Waals surface area contributed by atoms with Gasteiger partial charge in [-0.25, -0.2) is 4.98 Å². The van der Waals surface area contributed by atoms with Gasteiger partial charge < -0.3 is 24.8 Å². The van der Waals surface area contributed by atoms with E-state index in [2.05, 4.69) is 27.5 Å². The first-order chi connectivity index (χ1) is 12.0. The maximum absolute atomic E-state index is 5.37. The van der Waals surface area contributed by atoms with Gasteiger partial charge >= 0.3 is 0 Å². The van der Waals surface area contributed by atoms with E-state index in [1.165, 1.54) is 4.88 Å². The first-order valence-corrected chi connectivity index (χ1v) is 8.54. The van der Waals surface area contributed by atoms with E-state index in [1.54, 1.807) is 39.7 Å². The standard InChI is InChI=1S/C17H24N4O3S.HI/c1-10-11(2)25-15(20-10)9-19-17(18-3)21-12-7-13(22-4)16(24-6)14(8-12)23-5;/h7-8H,9H2,1-6H3,(H2,18,19,21);1H. The van der Waals surface area contributed by atoms with Gasteiger partial charge in [0.15, 0.2) is 17.5 Å². The highest BCUT2D eigenvalue weighted by molar-refractivity contribution is 14.0. The second kappa shape index (κ2) is 10.4. The molecule has 0 saturated carbocycles. The van der Waals surface area contributed by atoms with Crippen LogP contribution in [0.15, 0.2) is 17.1 Å². The molecule has 0 bridgehead atoms. The van der Waals surface area contributed by atoms with E-state index in [-0.39, 0.29) is 24.0 Å². The van der Waals surface area contributed by atoms with Crippen LogP contribution < -0.4 is 24.8 Å². The summed E-state index contributed by atoms with van der Waals surface area (Å²) in [6.45, 7) is 4.68. The van der Waals surface area contributed by atoms with E-state index in [9.17, 15) is 0 Å². The van der Waals surface area contributed by atoms with Gasteiger partial charge in [-0.05, 0) is 13.8 Å². The summed E-state index contributed by atoms with van der Waals surface area (Å²) in [6, 6.07) is 3.65. The Morgan fingerprint density at radius 1 is 1.12 bits per heavy atom. The molecule has 0 aliphatic rings. The van der Waals surface area contributed by atoms with Crippen LogP contribution in [0.1, 0.15) is 15.6 Å². The zero-order valence-electron chi connectivity index (χ0n) is 15.8. The molecule has 1 heterocycles. The Morgan fingerprint density at radius 3 is 2.15 bits per heavy atom. The predicted octanol–water partition coefficient (Wildman–Crippen LogP) is 3.59. The van der Waals surface area contributed by atoms with Crippen molar-refractivity contribution in [2.24, 2.45) is 4.99 Å². The summed E-state index contributed by atoms with van der Waals surface area (Å²) in [4.78, 5) is 9.98. The SMILES string of the molecule is CN=C(NCc1nc(C)c(C)s1)Nc1cc(OC)c(OC)c(OC)c1.I. The second-order valence-corrected chi connectivity index (χ2v) is 6.50. The Balaban J connectivity index is 0.00000338. The van der Waals surface area contributed by atoms with Crippen molar-refractivity contribution >= 4 is 47.0 Å². The number of thiazole rings is 1. The summed E-state index contributed by atoms with van der Waals surface area (Å²) in [5, 5.41) is 7.49. The minimum Gasteiger partial charge on any atom is -0.493 e. The van der Waals surface area contributed by atoms with E-state index in [0.717, 1.165) is 16.4 Å². The molecule has 0 fully saturated rings. The number of guanidine groups is 1. The second-order valence-electron chi connectivity index (χ2n) is 5.21. The van der Waals surface area contributed by atoms with Gasteiger partial charge in [0.1, 0.15) is 5.01 Å². The minimum absolute atomic E-state index is 0. The molecule has 1 aromatic carbocycles. The molecule has 144 valence electrons. The number of benzene rings is 1. The molecule has 0 aliphatic heterocycles. The van der Waals surface area contributed by atoms with Crippen molar-refractivity contribution in [3.8, 4) is 17.2 Å². The predicted molar refractivity (Wildman–Crippen MR) is 117 cm³/mol. The summed E-state index contributed by atoms with van der Waals surface area (Å²) in [5.41, 5.74) is 1.84. The lowest BCUT2D eigenvalue weighted by Crippen LogP contribution is -2.30. The number of hydrogen-bond donors (Lipinski definition) is 2. The van der Waals surface area contributed by atoms with Crippen molar-refractivity contribution in [1.29, 1.82) is 0 Å². The van der Waals surface area contributed by atoms with Crippen LogP contribution in [0.25, 0.3) is 0 Å². The number of aliphatic imine (C=N–C) groups is 1. The van der Waals surface area contributed by atoms with E-state index >= 15 is 0 Å². The van der Waals surface area contributed by atoms with Crippen LogP contribution >= 0.6 is 35.3 Å². The van der Waals surface area contributed by atoms with Crippen LogP contribution in [0.4, 0.5) is 5.69 Å². The third-order valence-corrected chi connectivity index (χ3v) is 4.70. The fraction of sp³-hybridized carbons (Fsp3) is 0.412. The maximum atomic E-state index is 5.37. The Labute approximate surface area is 175 Å². The number of aryl methyl sites for hydroxylation is 2. The molecule has 0 unspecified atom stereocenters. The van der Waals surface area contributed by atoms with Gasteiger partial charge in [-0.2, -0.15) is 0 Å².